The molecule has 0 aliphatic carbocycles. The van der Waals surface area contributed by atoms with E-state index in [9.17, 15) is 14.7 Å². The number of hydrogen-bond acceptors (Lipinski definition) is 6. The van der Waals surface area contributed by atoms with Crippen LogP contribution in [0.1, 0.15) is 5.56 Å². The van der Waals surface area contributed by atoms with E-state index in [1.54, 1.807) is 24.4 Å². The summed E-state index contributed by atoms with van der Waals surface area (Å²) >= 11 is 0. The average Bonchev–Trinajstić information content (AvgIpc) is 3.21. The molecule has 2 aromatic carbocycles. The van der Waals surface area contributed by atoms with E-state index in [4.69, 9.17) is 9.47 Å². The van der Waals surface area contributed by atoms with Gasteiger partial charge in [-0.05, 0) is 12.1 Å². The van der Waals surface area contributed by atoms with Gasteiger partial charge < -0.3 is 24.5 Å². The van der Waals surface area contributed by atoms with Crippen LogP contribution in [0.4, 0.5) is 5.69 Å². The first kappa shape index (κ1) is 21.1. The topological polar surface area (TPSA) is 107 Å². The van der Waals surface area contributed by atoms with Crippen LogP contribution in [0.2, 0.25) is 0 Å². The molecule has 0 radical (unpaired) electrons. The summed E-state index contributed by atoms with van der Waals surface area (Å²) in [5, 5.41) is 17.1. The average molecular weight is 434 g/mol. The van der Waals surface area contributed by atoms with Gasteiger partial charge >= 0.3 is 0 Å². The van der Waals surface area contributed by atoms with Gasteiger partial charge in [-0.15, -0.1) is 0 Å². The summed E-state index contributed by atoms with van der Waals surface area (Å²) in [4.78, 5) is 25.7. The fourth-order valence-electron chi connectivity index (χ4n) is 3.52. The first-order valence-electron chi connectivity index (χ1n) is 9.84. The molecule has 9 nitrogen and oxygen atoms in total. The Balaban J connectivity index is 1.63. The minimum atomic E-state index is -0.423. The zero-order valence-electron chi connectivity index (χ0n) is 17.6. The molecule has 0 spiro atoms. The van der Waals surface area contributed by atoms with Crippen LogP contribution >= 0.6 is 0 Å². The van der Waals surface area contributed by atoms with Crippen LogP contribution in [0, 0.1) is 0 Å². The molecular formula is C23H22N4O5. The maximum Gasteiger partial charge on any atom is 0.277 e. The fourth-order valence-corrected chi connectivity index (χ4v) is 3.52. The Kier molecular flexibility index (Phi) is 5.91. The van der Waals surface area contributed by atoms with Gasteiger partial charge in [-0.3, -0.25) is 9.59 Å². The SMILES string of the molecule is COc1ccc(NC(=O)Cn2ccn3nc(-c4ccccc4)c(CO)c3c2=O)cc1OC. The first-order chi connectivity index (χ1) is 15.5. The minimum Gasteiger partial charge on any atom is -0.493 e. The van der Waals surface area contributed by atoms with Gasteiger partial charge in [0.25, 0.3) is 5.56 Å². The van der Waals surface area contributed by atoms with E-state index in [-0.39, 0.29) is 18.7 Å². The van der Waals surface area contributed by atoms with Crippen LogP contribution in [-0.2, 0) is 17.9 Å². The Bertz CT molecular complexity index is 1330. The van der Waals surface area contributed by atoms with Crippen molar-refractivity contribution in [2.45, 2.75) is 13.2 Å². The number of anilines is 1. The van der Waals surface area contributed by atoms with Crippen molar-refractivity contribution in [1.82, 2.24) is 14.2 Å². The van der Waals surface area contributed by atoms with Crippen LogP contribution in [0.3, 0.4) is 0 Å². The van der Waals surface area contributed by atoms with Crippen molar-refractivity contribution in [3.63, 3.8) is 0 Å². The summed E-state index contributed by atoms with van der Waals surface area (Å²) in [6, 6.07) is 14.3. The van der Waals surface area contributed by atoms with Gasteiger partial charge in [-0.25, -0.2) is 4.52 Å². The second kappa shape index (κ2) is 8.94. The maximum absolute atomic E-state index is 13.1. The lowest BCUT2D eigenvalue weighted by Gasteiger charge is -2.11. The van der Waals surface area contributed by atoms with Crippen molar-refractivity contribution < 1.29 is 19.4 Å². The van der Waals surface area contributed by atoms with Gasteiger partial charge in [-0.1, -0.05) is 30.3 Å². The van der Waals surface area contributed by atoms with Crippen molar-refractivity contribution in [3.05, 3.63) is 76.8 Å². The summed E-state index contributed by atoms with van der Waals surface area (Å²) in [6.07, 6.45) is 3.08. The van der Waals surface area contributed by atoms with Crippen LogP contribution in [0.5, 0.6) is 11.5 Å². The summed E-state index contributed by atoms with van der Waals surface area (Å²) in [7, 11) is 3.03. The largest absolute Gasteiger partial charge is 0.493 e. The molecule has 2 heterocycles. The van der Waals surface area contributed by atoms with E-state index < -0.39 is 11.5 Å². The second-order valence-corrected chi connectivity index (χ2v) is 6.99. The molecule has 0 aliphatic rings. The Morgan fingerprint density at radius 3 is 2.50 bits per heavy atom. The molecule has 0 unspecified atom stereocenters. The van der Waals surface area contributed by atoms with Gasteiger partial charge in [0, 0.05) is 35.3 Å². The van der Waals surface area contributed by atoms with Crippen molar-refractivity contribution in [2.75, 3.05) is 19.5 Å². The Labute approximate surface area is 183 Å². The van der Waals surface area contributed by atoms with E-state index in [2.05, 4.69) is 10.4 Å². The standard InChI is InChI=1S/C23H22N4O5/c1-31-18-9-8-16(12-19(18)32-2)24-20(29)13-26-10-11-27-22(23(26)30)17(14-28)21(25-27)15-6-4-3-5-7-15/h3-12,28H,13-14H2,1-2H3,(H,24,29). The third kappa shape index (κ3) is 3.93. The predicted octanol–water partition coefficient (Wildman–Crippen LogP) is 2.31. The molecule has 0 saturated carbocycles. The molecular weight excluding hydrogens is 412 g/mol. The summed E-state index contributed by atoms with van der Waals surface area (Å²) in [6.45, 7) is -0.564. The number of carbonyl (C=O) groups excluding carboxylic acids is 1. The minimum absolute atomic E-state index is 0.208. The normalized spacial score (nSPS) is 10.8. The first-order valence-corrected chi connectivity index (χ1v) is 9.84. The lowest BCUT2D eigenvalue weighted by atomic mass is 10.1. The Morgan fingerprint density at radius 1 is 1.06 bits per heavy atom. The van der Waals surface area contributed by atoms with E-state index in [0.717, 1.165) is 5.56 Å². The highest BCUT2D eigenvalue weighted by Crippen LogP contribution is 2.29. The number of aliphatic hydroxyl groups excluding tert-OH is 1. The zero-order valence-corrected chi connectivity index (χ0v) is 17.6. The lowest BCUT2D eigenvalue weighted by molar-refractivity contribution is -0.116. The molecule has 4 aromatic rings. The summed E-state index contributed by atoms with van der Waals surface area (Å²) in [5.74, 6) is 0.625. The number of rotatable bonds is 7. The summed E-state index contributed by atoms with van der Waals surface area (Å²) < 4.78 is 13.1. The molecule has 0 bridgehead atoms. The smallest absolute Gasteiger partial charge is 0.277 e. The Morgan fingerprint density at radius 2 is 1.81 bits per heavy atom. The Hall–Kier alpha value is -4.11. The third-order valence-electron chi connectivity index (χ3n) is 5.05. The number of amides is 1. The monoisotopic (exact) mass is 434 g/mol. The molecule has 2 aromatic heterocycles. The molecule has 32 heavy (non-hydrogen) atoms. The maximum atomic E-state index is 13.1. The molecule has 0 saturated heterocycles. The van der Waals surface area contributed by atoms with E-state index >= 15 is 0 Å². The highest BCUT2D eigenvalue weighted by molar-refractivity contribution is 5.91. The number of aliphatic hydroxyl groups is 1. The van der Waals surface area contributed by atoms with Gasteiger partial charge in [0.15, 0.2) is 11.5 Å². The third-order valence-corrected chi connectivity index (χ3v) is 5.05. The van der Waals surface area contributed by atoms with Gasteiger partial charge in [0.2, 0.25) is 5.91 Å². The molecule has 9 heteroatoms. The van der Waals surface area contributed by atoms with Gasteiger partial charge in [0.05, 0.1) is 26.5 Å². The number of carbonyl (C=O) groups is 1. The number of methoxy groups -OCH3 is 2. The molecule has 2 N–H and O–H groups in total. The van der Waals surface area contributed by atoms with Crippen molar-refractivity contribution in [2.24, 2.45) is 0 Å². The predicted molar refractivity (Wildman–Crippen MR) is 119 cm³/mol. The quantitative estimate of drug-likeness (QED) is 0.462. The number of nitrogens with zero attached hydrogens (tertiary/aromatic N) is 3. The van der Waals surface area contributed by atoms with Crippen LogP contribution in [0.15, 0.2) is 65.7 Å². The van der Waals surface area contributed by atoms with Crippen molar-refractivity contribution in [1.29, 1.82) is 0 Å². The van der Waals surface area contributed by atoms with Gasteiger partial charge in [-0.2, -0.15) is 5.10 Å². The summed E-state index contributed by atoms with van der Waals surface area (Å²) in [5.41, 5.74) is 2.04. The lowest BCUT2D eigenvalue weighted by Crippen LogP contribution is -2.28. The molecule has 4 rings (SSSR count). The molecule has 1 amide bonds. The van der Waals surface area contributed by atoms with Crippen LogP contribution < -0.4 is 20.3 Å². The highest BCUT2D eigenvalue weighted by atomic mass is 16.5. The molecule has 0 fully saturated rings. The van der Waals surface area contributed by atoms with Crippen molar-refractivity contribution in [3.8, 4) is 22.8 Å². The number of aromatic nitrogens is 3. The number of nitrogens with one attached hydrogen (secondary N) is 1. The second-order valence-electron chi connectivity index (χ2n) is 6.99. The molecule has 164 valence electrons. The number of benzene rings is 2. The van der Waals surface area contributed by atoms with E-state index in [1.165, 1.54) is 29.5 Å². The zero-order chi connectivity index (χ0) is 22.7. The van der Waals surface area contributed by atoms with E-state index in [1.807, 2.05) is 30.3 Å². The van der Waals surface area contributed by atoms with Crippen LogP contribution in [-0.4, -0.2) is 39.4 Å². The number of hydrogen-bond donors (Lipinski definition) is 2. The van der Waals surface area contributed by atoms with Crippen molar-refractivity contribution >= 4 is 17.1 Å². The number of fused-ring (bicyclic) bond motifs is 1. The van der Waals surface area contributed by atoms with Gasteiger partial charge in [0.1, 0.15) is 12.1 Å². The van der Waals surface area contributed by atoms with Crippen LogP contribution in [0.25, 0.3) is 16.8 Å². The molecule has 0 aliphatic heterocycles. The van der Waals surface area contributed by atoms with E-state index in [0.29, 0.717) is 28.4 Å². The number of ether oxygens (including phenoxy) is 2. The fraction of sp³-hybridized carbons (Fsp3) is 0.174. The molecule has 0 atom stereocenters. The highest BCUT2D eigenvalue weighted by Gasteiger charge is 2.18.